The molecule has 3 nitrogen and oxygen atoms in total. The van der Waals surface area contributed by atoms with Crippen LogP contribution in [-0.4, -0.2) is 18.5 Å². The van der Waals surface area contributed by atoms with E-state index < -0.39 is 0 Å². The van der Waals surface area contributed by atoms with Crippen molar-refractivity contribution in [3.05, 3.63) is 34.4 Å². The first kappa shape index (κ1) is 14.1. The van der Waals surface area contributed by atoms with Crippen LogP contribution in [0.15, 0.2) is 12.1 Å². The zero-order valence-electron chi connectivity index (χ0n) is 12.2. The second kappa shape index (κ2) is 6.20. The fourth-order valence-electron chi connectivity index (χ4n) is 2.86. The van der Waals surface area contributed by atoms with Crippen molar-refractivity contribution in [1.29, 1.82) is 0 Å². The highest BCUT2D eigenvalue weighted by Crippen LogP contribution is 2.16. The number of nitrogens with one attached hydrogen (secondary N) is 2. The smallest absolute Gasteiger partial charge is 0.237 e. The summed E-state index contributed by atoms with van der Waals surface area (Å²) in [5.74, 6) is 0.138. The maximum atomic E-state index is 12.1. The minimum Gasteiger partial charge on any atom is -0.351 e. The summed E-state index contributed by atoms with van der Waals surface area (Å²) in [5, 5.41) is 6.35. The zero-order valence-corrected chi connectivity index (χ0v) is 12.2. The van der Waals surface area contributed by atoms with Gasteiger partial charge in [0.25, 0.3) is 0 Å². The van der Waals surface area contributed by atoms with Gasteiger partial charge in [0.2, 0.25) is 5.91 Å². The Hall–Kier alpha value is -1.35. The molecule has 1 heterocycles. The summed E-state index contributed by atoms with van der Waals surface area (Å²) >= 11 is 0. The third kappa shape index (κ3) is 3.57. The summed E-state index contributed by atoms with van der Waals surface area (Å²) in [4.78, 5) is 12.1. The molecule has 104 valence electrons. The van der Waals surface area contributed by atoms with Crippen LogP contribution in [-0.2, 0) is 11.3 Å². The van der Waals surface area contributed by atoms with Crippen molar-refractivity contribution in [3.63, 3.8) is 0 Å². The van der Waals surface area contributed by atoms with Gasteiger partial charge in [0.05, 0.1) is 6.04 Å². The van der Waals surface area contributed by atoms with Gasteiger partial charge in [-0.3, -0.25) is 4.79 Å². The molecule has 2 rings (SSSR count). The van der Waals surface area contributed by atoms with Gasteiger partial charge in [0.1, 0.15) is 0 Å². The van der Waals surface area contributed by atoms with Crippen LogP contribution in [0.5, 0.6) is 0 Å². The van der Waals surface area contributed by atoms with E-state index in [-0.39, 0.29) is 11.9 Å². The van der Waals surface area contributed by atoms with E-state index in [1.807, 2.05) is 0 Å². The Balaban J connectivity index is 1.96. The van der Waals surface area contributed by atoms with Crippen LogP contribution in [0.1, 0.15) is 41.5 Å². The molecule has 0 saturated carbocycles. The molecule has 1 atom stereocenters. The lowest BCUT2D eigenvalue weighted by Crippen LogP contribution is -2.46. The first-order chi connectivity index (χ1) is 9.08. The number of benzene rings is 1. The summed E-state index contributed by atoms with van der Waals surface area (Å²) in [6.07, 6.45) is 3.28. The summed E-state index contributed by atoms with van der Waals surface area (Å²) in [6.45, 7) is 7.92. The Morgan fingerprint density at radius 3 is 2.53 bits per heavy atom. The number of aryl methyl sites for hydroxylation is 3. The lowest BCUT2D eigenvalue weighted by Gasteiger charge is -2.23. The molecule has 1 saturated heterocycles. The van der Waals surface area contributed by atoms with Gasteiger partial charge in [-0.15, -0.1) is 0 Å². The largest absolute Gasteiger partial charge is 0.351 e. The standard InChI is InChI=1S/C16H24N2O/c1-11-8-12(2)14(13(3)9-11)10-18-16(19)15-6-4-5-7-17-15/h8-9,15,17H,4-7,10H2,1-3H3,(H,18,19). The lowest BCUT2D eigenvalue weighted by atomic mass is 9.99. The molecule has 1 aromatic rings. The second-order valence-electron chi connectivity index (χ2n) is 5.60. The minimum absolute atomic E-state index is 0.000175. The number of hydrogen-bond donors (Lipinski definition) is 2. The molecule has 0 spiro atoms. The third-order valence-electron chi connectivity index (χ3n) is 3.91. The first-order valence-electron chi connectivity index (χ1n) is 7.16. The van der Waals surface area contributed by atoms with Crippen molar-refractivity contribution < 1.29 is 4.79 Å². The molecule has 3 heteroatoms. The molecular formula is C16H24N2O. The van der Waals surface area contributed by atoms with Crippen LogP contribution < -0.4 is 10.6 Å². The monoisotopic (exact) mass is 260 g/mol. The van der Waals surface area contributed by atoms with E-state index in [4.69, 9.17) is 0 Å². The van der Waals surface area contributed by atoms with Gasteiger partial charge < -0.3 is 10.6 Å². The molecule has 0 aromatic heterocycles. The van der Waals surface area contributed by atoms with Crippen LogP contribution >= 0.6 is 0 Å². The molecule has 1 unspecified atom stereocenters. The maximum absolute atomic E-state index is 12.1. The number of piperidine rings is 1. The van der Waals surface area contributed by atoms with Crippen molar-refractivity contribution in [2.45, 2.75) is 52.6 Å². The van der Waals surface area contributed by atoms with E-state index in [0.29, 0.717) is 6.54 Å². The summed E-state index contributed by atoms with van der Waals surface area (Å²) in [7, 11) is 0. The van der Waals surface area contributed by atoms with E-state index >= 15 is 0 Å². The summed E-state index contributed by atoms with van der Waals surface area (Å²) < 4.78 is 0. The predicted octanol–water partition coefficient (Wildman–Crippen LogP) is 2.37. The molecule has 1 aliphatic heterocycles. The Labute approximate surface area is 115 Å². The number of amides is 1. The van der Waals surface area contributed by atoms with E-state index in [1.165, 1.54) is 28.7 Å². The van der Waals surface area contributed by atoms with Gasteiger partial charge in [0, 0.05) is 6.54 Å². The van der Waals surface area contributed by atoms with Gasteiger partial charge in [-0.1, -0.05) is 24.1 Å². The van der Waals surface area contributed by atoms with Gasteiger partial charge >= 0.3 is 0 Å². The van der Waals surface area contributed by atoms with Crippen molar-refractivity contribution in [2.24, 2.45) is 0 Å². The van der Waals surface area contributed by atoms with Crippen LogP contribution in [0.4, 0.5) is 0 Å². The summed E-state index contributed by atoms with van der Waals surface area (Å²) in [5.41, 5.74) is 5.04. The fourth-order valence-corrected chi connectivity index (χ4v) is 2.86. The first-order valence-corrected chi connectivity index (χ1v) is 7.16. The Morgan fingerprint density at radius 2 is 1.95 bits per heavy atom. The van der Waals surface area contributed by atoms with E-state index in [0.717, 1.165) is 19.4 Å². The van der Waals surface area contributed by atoms with Crippen molar-refractivity contribution in [1.82, 2.24) is 10.6 Å². The molecule has 19 heavy (non-hydrogen) atoms. The van der Waals surface area contributed by atoms with Crippen LogP contribution in [0.25, 0.3) is 0 Å². The average Bonchev–Trinajstić information content (AvgIpc) is 2.38. The fraction of sp³-hybridized carbons (Fsp3) is 0.562. The Bertz CT molecular complexity index is 439. The second-order valence-corrected chi connectivity index (χ2v) is 5.60. The normalized spacial score (nSPS) is 19.2. The van der Waals surface area contributed by atoms with Crippen LogP contribution in [0.2, 0.25) is 0 Å². The van der Waals surface area contributed by atoms with Gasteiger partial charge in [-0.25, -0.2) is 0 Å². The SMILES string of the molecule is Cc1cc(C)c(CNC(=O)C2CCCCN2)c(C)c1. The zero-order chi connectivity index (χ0) is 13.8. The maximum Gasteiger partial charge on any atom is 0.237 e. The van der Waals surface area contributed by atoms with E-state index in [1.54, 1.807) is 0 Å². The average molecular weight is 260 g/mol. The van der Waals surface area contributed by atoms with E-state index in [2.05, 4.69) is 43.5 Å². The van der Waals surface area contributed by atoms with Crippen molar-refractivity contribution in [3.8, 4) is 0 Å². The molecule has 0 radical (unpaired) electrons. The molecule has 0 bridgehead atoms. The minimum atomic E-state index is -0.000175. The molecular weight excluding hydrogens is 236 g/mol. The molecule has 0 aliphatic carbocycles. The number of hydrogen-bond acceptors (Lipinski definition) is 2. The summed E-state index contributed by atoms with van der Waals surface area (Å²) in [6, 6.07) is 4.35. The van der Waals surface area contributed by atoms with Crippen LogP contribution in [0.3, 0.4) is 0 Å². The van der Waals surface area contributed by atoms with Gasteiger partial charge in [0.15, 0.2) is 0 Å². The lowest BCUT2D eigenvalue weighted by molar-refractivity contribution is -0.123. The van der Waals surface area contributed by atoms with Gasteiger partial charge in [-0.2, -0.15) is 0 Å². The Morgan fingerprint density at radius 1 is 1.26 bits per heavy atom. The highest BCUT2D eigenvalue weighted by molar-refractivity contribution is 5.81. The molecule has 1 aliphatic rings. The molecule has 1 fully saturated rings. The van der Waals surface area contributed by atoms with Crippen molar-refractivity contribution >= 4 is 5.91 Å². The Kier molecular flexibility index (Phi) is 4.59. The highest BCUT2D eigenvalue weighted by Gasteiger charge is 2.20. The van der Waals surface area contributed by atoms with Crippen molar-refractivity contribution in [2.75, 3.05) is 6.54 Å². The van der Waals surface area contributed by atoms with Gasteiger partial charge in [-0.05, 0) is 56.8 Å². The number of carbonyl (C=O) groups excluding carboxylic acids is 1. The topological polar surface area (TPSA) is 41.1 Å². The molecule has 1 aromatic carbocycles. The highest BCUT2D eigenvalue weighted by atomic mass is 16.2. The van der Waals surface area contributed by atoms with Crippen LogP contribution in [0, 0.1) is 20.8 Å². The molecule has 2 N–H and O–H groups in total. The number of rotatable bonds is 3. The molecule has 1 amide bonds. The quantitative estimate of drug-likeness (QED) is 0.876. The third-order valence-corrected chi connectivity index (χ3v) is 3.91. The van der Waals surface area contributed by atoms with E-state index in [9.17, 15) is 4.79 Å². The number of carbonyl (C=O) groups is 1. The predicted molar refractivity (Wildman–Crippen MR) is 78.1 cm³/mol.